The molecule has 0 N–H and O–H groups in total. The molecule has 1 amide bonds. The monoisotopic (exact) mass is 287 g/mol. The number of benzene rings is 1. The fourth-order valence-corrected chi connectivity index (χ4v) is 2.74. The summed E-state index contributed by atoms with van der Waals surface area (Å²) in [5.41, 5.74) is 0. The molecule has 0 heterocycles. The molecule has 82 valence electrons. The fraction of sp³-hybridized carbons (Fsp3) is 0.364. The van der Waals surface area contributed by atoms with Crippen molar-refractivity contribution in [3.63, 3.8) is 0 Å². The van der Waals surface area contributed by atoms with E-state index < -0.39 is 0 Å². The molecule has 1 unspecified atom stereocenters. The first-order valence-electron chi connectivity index (χ1n) is 4.64. The molecule has 0 fully saturated rings. The molecule has 0 bridgehead atoms. The summed E-state index contributed by atoms with van der Waals surface area (Å²) in [6.07, 6.45) is 0. The lowest BCUT2D eigenvalue weighted by Crippen LogP contribution is -2.29. The summed E-state index contributed by atoms with van der Waals surface area (Å²) in [6, 6.07) is 7.93. The number of hydrogen-bond acceptors (Lipinski definition) is 2. The Labute approximate surface area is 103 Å². The van der Waals surface area contributed by atoms with E-state index in [-0.39, 0.29) is 11.2 Å². The number of hydrogen-bond donors (Lipinski definition) is 0. The van der Waals surface area contributed by atoms with Crippen LogP contribution >= 0.6 is 27.7 Å². The normalized spacial score (nSPS) is 12.3. The van der Waals surface area contributed by atoms with Crippen LogP contribution in [0.2, 0.25) is 0 Å². The largest absolute Gasteiger partial charge is 0.348 e. The second kappa shape index (κ2) is 5.56. The summed E-state index contributed by atoms with van der Waals surface area (Å²) >= 11 is 5.03. The molecule has 0 aliphatic carbocycles. The molecule has 2 nitrogen and oxygen atoms in total. The van der Waals surface area contributed by atoms with E-state index in [2.05, 4.69) is 15.9 Å². The van der Waals surface area contributed by atoms with Crippen LogP contribution in [-0.2, 0) is 4.79 Å². The summed E-state index contributed by atoms with van der Waals surface area (Å²) in [6.45, 7) is 1.92. The summed E-state index contributed by atoms with van der Waals surface area (Å²) in [4.78, 5) is 14.4. The maximum atomic E-state index is 11.6. The van der Waals surface area contributed by atoms with E-state index in [1.54, 1.807) is 30.8 Å². The van der Waals surface area contributed by atoms with Gasteiger partial charge in [0.05, 0.1) is 5.25 Å². The molecule has 1 aromatic rings. The second-order valence-corrected chi connectivity index (χ2v) is 5.66. The second-order valence-electron chi connectivity index (χ2n) is 3.42. The van der Waals surface area contributed by atoms with Crippen molar-refractivity contribution in [1.29, 1.82) is 0 Å². The number of carbonyl (C=O) groups is 1. The molecular formula is C11H14BrNOS. The molecule has 0 saturated heterocycles. The van der Waals surface area contributed by atoms with E-state index in [1.807, 2.05) is 31.2 Å². The van der Waals surface area contributed by atoms with Gasteiger partial charge in [-0.05, 0) is 35.0 Å². The Balaban J connectivity index is 2.71. The van der Waals surface area contributed by atoms with Crippen molar-refractivity contribution < 1.29 is 4.79 Å². The summed E-state index contributed by atoms with van der Waals surface area (Å²) < 4.78 is 1.04. The summed E-state index contributed by atoms with van der Waals surface area (Å²) in [7, 11) is 3.55. The SMILES string of the molecule is CC(Sc1ccccc1Br)C(=O)N(C)C. The lowest BCUT2D eigenvalue weighted by Gasteiger charge is -2.16. The van der Waals surface area contributed by atoms with Gasteiger partial charge in [-0.3, -0.25) is 4.79 Å². The van der Waals surface area contributed by atoms with Crippen LogP contribution < -0.4 is 0 Å². The Morgan fingerprint density at radius 1 is 1.40 bits per heavy atom. The van der Waals surface area contributed by atoms with Crippen LogP contribution in [0.25, 0.3) is 0 Å². The molecule has 1 aromatic carbocycles. The van der Waals surface area contributed by atoms with Crippen molar-refractivity contribution in [2.75, 3.05) is 14.1 Å². The van der Waals surface area contributed by atoms with Gasteiger partial charge < -0.3 is 4.90 Å². The summed E-state index contributed by atoms with van der Waals surface area (Å²) in [5.74, 6) is 0.135. The van der Waals surface area contributed by atoms with Crippen molar-refractivity contribution in [2.45, 2.75) is 17.1 Å². The molecular weight excluding hydrogens is 274 g/mol. The van der Waals surface area contributed by atoms with Crippen LogP contribution in [0.1, 0.15) is 6.92 Å². The van der Waals surface area contributed by atoms with Crippen LogP contribution in [-0.4, -0.2) is 30.2 Å². The highest BCUT2D eigenvalue weighted by Crippen LogP contribution is 2.30. The van der Waals surface area contributed by atoms with Gasteiger partial charge in [-0.2, -0.15) is 0 Å². The topological polar surface area (TPSA) is 20.3 Å². The average Bonchev–Trinajstić information content (AvgIpc) is 2.20. The number of amides is 1. The van der Waals surface area contributed by atoms with Gasteiger partial charge in [0, 0.05) is 23.5 Å². The van der Waals surface area contributed by atoms with Gasteiger partial charge in [-0.1, -0.05) is 12.1 Å². The molecule has 1 rings (SSSR count). The maximum Gasteiger partial charge on any atom is 0.235 e. The van der Waals surface area contributed by atoms with E-state index in [1.165, 1.54) is 0 Å². The third-order valence-electron chi connectivity index (χ3n) is 1.93. The van der Waals surface area contributed by atoms with Gasteiger partial charge in [0.15, 0.2) is 0 Å². The van der Waals surface area contributed by atoms with Crippen LogP contribution in [0.4, 0.5) is 0 Å². The zero-order valence-corrected chi connectivity index (χ0v) is 11.4. The number of carbonyl (C=O) groups excluding carboxylic acids is 1. The van der Waals surface area contributed by atoms with E-state index in [0.29, 0.717) is 0 Å². The molecule has 1 atom stereocenters. The number of nitrogens with zero attached hydrogens (tertiary/aromatic N) is 1. The summed E-state index contributed by atoms with van der Waals surface area (Å²) in [5, 5.41) is -0.0568. The van der Waals surface area contributed by atoms with E-state index in [4.69, 9.17) is 0 Å². The Kier molecular flexibility index (Phi) is 4.67. The molecule has 0 aliphatic heterocycles. The van der Waals surface area contributed by atoms with Gasteiger partial charge in [0.1, 0.15) is 0 Å². The minimum Gasteiger partial charge on any atom is -0.348 e. The molecule has 4 heteroatoms. The quantitative estimate of drug-likeness (QED) is 0.797. The molecule has 15 heavy (non-hydrogen) atoms. The predicted octanol–water partition coefficient (Wildman–Crippen LogP) is 3.02. The zero-order valence-electron chi connectivity index (χ0n) is 9.03. The van der Waals surface area contributed by atoms with Crippen molar-refractivity contribution >= 4 is 33.6 Å². The fourth-order valence-electron chi connectivity index (χ4n) is 1.14. The highest BCUT2D eigenvalue weighted by atomic mass is 79.9. The highest BCUT2D eigenvalue weighted by molar-refractivity contribution is 9.10. The smallest absolute Gasteiger partial charge is 0.235 e. The Morgan fingerprint density at radius 2 is 2.00 bits per heavy atom. The van der Waals surface area contributed by atoms with Gasteiger partial charge in [-0.25, -0.2) is 0 Å². The zero-order chi connectivity index (χ0) is 11.4. The molecule has 0 radical (unpaired) electrons. The van der Waals surface area contributed by atoms with Crippen LogP contribution in [0, 0.1) is 0 Å². The van der Waals surface area contributed by atoms with Gasteiger partial charge in [0.2, 0.25) is 5.91 Å². The van der Waals surface area contributed by atoms with Gasteiger partial charge in [0.25, 0.3) is 0 Å². The van der Waals surface area contributed by atoms with Gasteiger partial charge >= 0.3 is 0 Å². The minimum atomic E-state index is -0.0568. The lowest BCUT2D eigenvalue weighted by atomic mass is 10.4. The van der Waals surface area contributed by atoms with Crippen LogP contribution in [0.5, 0.6) is 0 Å². The Bertz CT molecular complexity index is 354. The first-order valence-corrected chi connectivity index (χ1v) is 6.32. The van der Waals surface area contributed by atoms with Crippen LogP contribution in [0.3, 0.4) is 0 Å². The van der Waals surface area contributed by atoms with Crippen LogP contribution in [0.15, 0.2) is 33.6 Å². The van der Waals surface area contributed by atoms with Crippen molar-refractivity contribution in [1.82, 2.24) is 4.90 Å². The average molecular weight is 288 g/mol. The Morgan fingerprint density at radius 3 is 2.53 bits per heavy atom. The third kappa shape index (κ3) is 3.54. The van der Waals surface area contributed by atoms with E-state index in [9.17, 15) is 4.79 Å². The number of thioether (sulfide) groups is 1. The third-order valence-corrected chi connectivity index (χ3v) is 4.05. The van der Waals surface area contributed by atoms with E-state index >= 15 is 0 Å². The highest BCUT2D eigenvalue weighted by Gasteiger charge is 2.16. The lowest BCUT2D eigenvalue weighted by molar-refractivity contribution is -0.127. The first-order chi connectivity index (χ1) is 7.02. The van der Waals surface area contributed by atoms with Crippen molar-refractivity contribution in [2.24, 2.45) is 0 Å². The minimum absolute atomic E-state index is 0.0568. The molecule has 0 aliphatic rings. The number of rotatable bonds is 3. The van der Waals surface area contributed by atoms with E-state index in [0.717, 1.165) is 9.37 Å². The van der Waals surface area contributed by atoms with Crippen molar-refractivity contribution in [3.05, 3.63) is 28.7 Å². The molecule has 0 spiro atoms. The maximum absolute atomic E-state index is 11.6. The Hall–Kier alpha value is -0.480. The standard InChI is InChI=1S/C11H14BrNOS/c1-8(11(14)13(2)3)15-10-7-5-4-6-9(10)12/h4-8H,1-3H3. The molecule has 0 saturated carbocycles. The number of halogens is 1. The first kappa shape index (κ1) is 12.6. The predicted molar refractivity (Wildman–Crippen MR) is 68.2 cm³/mol. The van der Waals surface area contributed by atoms with Gasteiger partial charge in [-0.15, -0.1) is 11.8 Å². The molecule has 0 aromatic heterocycles. The van der Waals surface area contributed by atoms with Crippen molar-refractivity contribution in [3.8, 4) is 0 Å².